The van der Waals surface area contributed by atoms with Crippen LogP contribution in [0.2, 0.25) is 0 Å². The molecule has 3 heteroatoms. The van der Waals surface area contributed by atoms with Crippen molar-refractivity contribution in [2.45, 2.75) is 27.3 Å². The minimum atomic E-state index is 0.0588. The summed E-state index contributed by atoms with van der Waals surface area (Å²) >= 11 is 0. The molecule has 0 aromatic heterocycles. The first-order valence-electron chi connectivity index (χ1n) is 7.83. The fraction of sp³-hybridized carbons (Fsp3) is 0.316. The zero-order valence-electron chi connectivity index (χ0n) is 13.6. The average molecular weight is 296 g/mol. The Morgan fingerprint density at radius 3 is 1.95 bits per heavy atom. The normalized spacial score (nSPS) is 10.3. The van der Waals surface area contributed by atoms with Gasteiger partial charge in [0, 0.05) is 20.0 Å². The van der Waals surface area contributed by atoms with E-state index in [1.807, 2.05) is 41.3 Å². The Morgan fingerprint density at radius 2 is 1.41 bits per heavy atom. The molecule has 116 valence electrons. The molecule has 0 N–H and O–H groups in total. The third-order valence-electron chi connectivity index (χ3n) is 3.84. The molecule has 0 unspecified atom stereocenters. The summed E-state index contributed by atoms with van der Waals surface area (Å²) in [5.41, 5.74) is 3.22. The number of nitrogens with zero attached hydrogens (tertiary/aromatic N) is 2. The van der Waals surface area contributed by atoms with Gasteiger partial charge in [-0.1, -0.05) is 42.5 Å². The predicted octanol–water partition coefficient (Wildman–Crippen LogP) is 4.09. The molecule has 0 fully saturated rings. The first kappa shape index (κ1) is 16.1. The maximum Gasteiger partial charge on any atom is 0.224 e. The molecule has 2 aromatic carbocycles. The maximum atomic E-state index is 12.2. The second-order valence-electron chi connectivity index (χ2n) is 5.25. The van der Waals surface area contributed by atoms with Crippen molar-refractivity contribution >= 4 is 17.3 Å². The van der Waals surface area contributed by atoms with E-state index in [0.29, 0.717) is 6.54 Å². The Balaban J connectivity index is 2.39. The lowest BCUT2D eigenvalue weighted by atomic mass is 10.1. The molecule has 0 radical (unpaired) electrons. The van der Waals surface area contributed by atoms with Crippen LogP contribution in [0.15, 0.2) is 54.6 Å². The SMILES string of the molecule is CCN(CC)c1ccccc1N(Cc1ccccc1)C(C)=O. The largest absolute Gasteiger partial charge is 0.370 e. The smallest absolute Gasteiger partial charge is 0.224 e. The fourth-order valence-electron chi connectivity index (χ4n) is 2.66. The molecule has 0 aliphatic rings. The zero-order valence-corrected chi connectivity index (χ0v) is 13.6. The Bertz CT molecular complexity index is 606. The van der Waals surface area contributed by atoms with E-state index >= 15 is 0 Å². The molecule has 3 nitrogen and oxygen atoms in total. The van der Waals surface area contributed by atoms with Gasteiger partial charge < -0.3 is 9.80 Å². The van der Waals surface area contributed by atoms with Gasteiger partial charge in [-0.05, 0) is 31.5 Å². The van der Waals surface area contributed by atoms with Gasteiger partial charge in [0.2, 0.25) is 5.91 Å². The summed E-state index contributed by atoms with van der Waals surface area (Å²) in [6.45, 7) is 8.33. The number of hydrogen-bond donors (Lipinski definition) is 0. The van der Waals surface area contributed by atoms with Crippen molar-refractivity contribution < 1.29 is 4.79 Å². The lowest BCUT2D eigenvalue weighted by molar-refractivity contribution is -0.116. The highest BCUT2D eigenvalue weighted by Crippen LogP contribution is 2.30. The van der Waals surface area contributed by atoms with Crippen molar-refractivity contribution in [3.63, 3.8) is 0 Å². The summed E-state index contributed by atoms with van der Waals surface area (Å²) in [6, 6.07) is 18.2. The first-order chi connectivity index (χ1) is 10.7. The highest BCUT2D eigenvalue weighted by molar-refractivity contribution is 5.95. The van der Waals surface area contributed by atoms with Gasteiger partial charge in [-0.15, -0.1) is 0 Å². The van der Waals surface area contributed by atoms with Crippen LogP contribution in [-0.4, -0.2) is 19.0 Å². The van der Waals surface area contributed by atoms with E-state index in [9.17, 15) is 4.79 Å². The molecule has 0 spiro atoms. The standard InChI is InChI=1S/C19H24N2O/c1-4-20(5-2)18-13-9-10-14-19(18)21(16(3)22)15-17-11-7-6-8-12-17/h6-14H,4-5,15H2,1-3H3. The molecule has 0 heterocycles. The van der Waals surface area contributed by atoms with Gasteiger partial charge in [-0.3, -0.25) is 4.79 Å². The molecule has 22 heavy (non-hydrogen) atoms. The van der Waals surface area contributed by atoms with Crippen LogP contribution in [0.1, 0.15) is 26.3 Å². The zero-order chi connectivity index (χ0) is 15.9. The summed E-state index contributed by atoms with van der Waals surface area (Å²) in [4.78, 5) is 16.3. The van der Waals surface area contributed by atoms with Crippen LogP contribution in [0.4, 0.5) is 11.4 Å². The van der Waals surface area contributed by atoms with Gasteiger partial charge in [-0.25, -0.2) is 0 Å². The van der Waals surface area contributed by atoms with Crippen molar-refractivity contribution in [2.24, 2.45) is 0 Å². The highest BCUT2D eigenvalue weighted by Gasteiger charge is 2.17. The highest BCUT2D eigenvalue weighted by atomic mass is 16.2. The van der Waals surface area contributed by atoms with Crippen LogP contribution in [0.25, 0.3) is 0 Å². The van der Waals surface area contributed by atoms with Crippen LogP contribution >= 0.6 is 0 Å². The van der Waals surface area contributed by atoms with Crippen LogP contribution in [-0.2, 0) is 11.3 Å². The Kier molecular flexibility index (Phi) is 5.59. The summed E-state index contributed by atoms with van der Waals surface area (Å²) in [5, 5.41) is 0. The lowest BCUT2D eigenvalue weighted by Gasteiger charge is -2.29. The van der Waals surface area contributed by atoms with Gasteiger partial charge in [0.1, 0.15) is 0 Å². The Morgan fingerprint density at radius 1 is 0.864 bits per heavy atom. The van der Waals surface area contributed by atoms with Crippen molar-refractivity contribution in [3.8, 4) is 0 Å². The monoisotopic (exact) mass is 296 g/mol. The van der Waals surface area contributed by atoms with Crippen LogP contribution in [0, 0.1) is 0 Å². The predicted molar refractivity (Wildman–Crippen MR) is 93.3 cm³/mol. The fourth-order valence-corrected chi connectivity index (χ4v) is 2.66. The third kappa shape index (κ3) is 3.67. The van der Waals surface area contributed by atoms with Crippen molar-refractivity contribution in [1.82, 2.24) is 0 Å². The van der Waals surface area contributed by atoms with E-state index in [-0.39, 0.29) is 5.91 Å². The summed E-state index contributed by atoms with van der Waals surface area (Å²) < 4.78 is 0. The Labute approximate surface area is 133 Å². The minimum Gasteiger partial charge on any atom is -0.370 e. The van der Waals surface area contributed by atoms with Gasteiger partial charge in [0.25, 0.3) is 0 Å². The number of anilines is 2. The number of benzene rings is 2. The molecular formula is C19H24N2O. The Hall–Kier alpha value is -2.29. The number of hydrogen-bond acceptors (Lipinski definition) is 2. The minimum absolute atomic E-state index is 0.0588. The van der Waals surface area contributed by atoms with Gasteiger partial charge in [0.15, 0.2) is 0 Å². The molecule has 0 atom stereocenters. The topological polar surface area (TPSA) is 23.6 Å². The number of rotatable bonds is 6. The molecule has 0 bridgehead atoms. The van der Waals surface area contributed by atoms with Gasteiger partial charge >= 0.3 is 0 Å². The third-order valence-corrected chi connectivity index (χ3v) is 3.84. The molecular weight excluding hydrogens is 272 g/mol. The molecule has 2 rings (SSSR count). The van der Waals surface area contributed by atoms with Crippen molar-refractivity contribution in [1.29, 1.82) is 0 Å². The lowest BCUT2D eigenvalue weighted by Crippen LogP contribution is -2.31. The van der Waals surface area contributed by atoms with E-state index < -0.39 is 0 Å². The van der Waals surface area contributed by atoms with Crippen molar-refractivity contribution in [3.05, 3.63) is 60.2 Å². The molecule has 0 saturated carbocycles. The molecule has 2 aromatic rings. The molecule has 0 saturated heterocycles. The quantitative estimate of drug-likeness (QED) is 0.801. The first-order valence-corrected chi connectivity index (χ1v) is 7.83. The van der Waals surface area contributed by atoms with Crippen molar-refractivity contribution in [2.75, 3.05) is 22.9 Å². The van der Waals surface area contributed by atoms with E-state index in [1.165, 1.54) is 0 Å². The number of carbonyl (C=O) groups excluding carboxylic acids is 1. The second kappa shape index (κ2) is 7.64. The second-order valence-corrected chi connectivity index (χ2v) is 5.25. The van der Waals surface area contributed by atoms with E-state index in [4.69, 9.17) is 0 Å². The summed E-state index contributed by atoms with van der Waals surface area (Å²) in [6.07, 6.45) is 0. The van der Waals surface area contributed by atoms with E-state index in [2.05, 4.69) is 36.9 Å². The van der Waals surface area contributed by atoms with E-state index in [0.717, 1.165) is 30.0 Å². The molecule has 0 aliphatic carbocycles. The average Bonchev–Trinajstić information content (AvgIpc) is 2.55. The maximum absolute atomic E-state index is 12.2. The van der Waals surface area contributed by atoms with Crippen LogP contribution in [0.3, 0.4) is 0 Å². The van der Waals surface area contributed by atoms with Gasteiger partial charge in [-0.2, -0.15) is 0 Å². The number of carbonyl (C=O) groups is 1. The van der Waals surface area contributed by atoms with E-state index in [1.54, 1.807) is 6.92 Å². The van der Waals surface area contributed by atoms with Gasteiger partial charge in [0.05, 0.1) is 17.9 Å². The summed E-state index contributed by atoms with van der Waals surface area (Å²) in [5.74, 6) is 0.0588. The number of amides is 1. The molecule has 0 aliphatic heterocycles. The number of para-hydroxylation sites is 2. The van der Waals surface area contributed by atoms with Crippen LogP contribution in [0.5, 0.6) is 0 Å². The molecule has 1 amide bonds. The van der Waals surface area contributed by atoms with Crippen LogP contribution < -0.4 is 9.80 Å². The summed E-state index contributed by atoms with van der Waals surface area (Å²) in [7, 11) is 0.